The van der Waals surface area contributed by atoms with Gasteiger partial charge in [-0.2, -0.15) is 0 Å². The first kappa shape index (κ1) is 22.5. The number of aromatic nitrogens is 1. The van der Waals surface area contributed by atoms with Crippen molar-refractivity contribution in [3.63, 3.8) is 0 Å². The van der Waals surface area contributed by atoms with E-state index in [2.05, 4.69) is 64.2 Å². The number of piperazine rings is 1. The van der Waals surface area contributed by atoms with Gasteiger partial charge in [-0.1, -0.05) is 36.4 Å². The Bertz CT molecular complexity index is 1210. The number of amides is 1. The summed E-state index contributed by atoms with van der Waals surface area (Å²) in [7, 11) is 2.22. The van der Waals surface area contributed by atoms with Gasteiger partial charge in [-0.3, -0.25) is 14.7 Å². The maximum atomic E-state index is 13.5. The van der Waals surface area contributed by atoms with Crippen molar-refractivity contribution in [3.05, 3.63) is 71.4 Å². The molecule has 6 nitrogen and oxygen atoms in total. The van der Waals surface area contributed by atoms with Crippen LogP contribution in [0, 0.1) is 0 Å². The van der Waals surface area contributed by atoms with Gasteiger partial charge >= 0.3 is 0 Å². The molecule has 6 rings (SSSR count). The molecule has 4 heterocycles. The van der Waals surface area contributed by atoms with Crippen molar-refractivity contribution >= 4 is 22.5 Å². The average Bonchev–Trinajstić information content (AvgIpc) is 3.23. The number of rotatable bonds is 5. The second-order valence-corrected chi connectivity index (χ2v) is 10.3. The summed E-state index contributed by atoms with van der Waals surface area (Å²) < 4.78 is 0. The molecule has 1 amide bonds. The largest absolute Gasteiger partial charge is 0.371 e. The van der Waals surface area contributed by atoms with E-state index in [1.807, 2.05) is 17.0 Å². The van der Waals surface area contributed by atoms with Crippen molar-refractivity contribution in [2.45, 2.75) is 31.8 Å². The first-order valence-corrected chi connectivity index (χ1v) is 13.1. The van der Waals surface area contributed by atoms with Gasteiger partial charge in [-0.05, 0) is 43.7 Å². The number of hydrogen-bond acceptors (Lipinski definition) is 5. The average molecular weight is 470 g/mol. The number of nitrogens with zero attached hydrogens (tertiary/aromatic N) is 5. The Labute approximate surface area is 208 Å². The Morgan fingerprint density at radius 1 is 0.886 bits per heavy atom. The molecule has 2 saturated heterocycles. The third-order valence-corrected chi connectivity index (χ3v) is 8.14. The highest BCUT2D eigenvalue weighted by Gasteiger charge is 2.33. The van der Waals surface area contributed by atoms with Crippen LogP contribution in [0.1, 0.15) is 34.5 Å². The van der Waals surface area contributed by atoms with Gasteiger partial charge in [0, 0.05) is 81.6 Å². The summed E-state index contributed by atoms with van der Waals surface area (Å²) in [5.41, 5.74) is 5.29. The van der Waals surface area contributed by atoms with Gasteiger partial charge < -0.3 is 14.7 Å². The molecule has 0 bridgehead atoms. The van der Waals surface area contributed by atoms with Crippen LogP contribution in [0.15, 0.2) is 54.6 Å². The number of anilines is 1. The number of fused-ring (bicyclic) bond motifs is 2. The molecular weight excluding hydrogens is 434 g/mol. The van der Waals surface area contributed by atoms with E-state index in [-0.39, 0.29) is 5.91 Å². The van der Waals surface area contributed by atoms with Crippen LogP contribution in [0.2, 0.25) is 0 Å². The number of piperidine rings is 1. The lowest BCUT2D eigenvalue weighted by Gasteiger charge is -2.42. The first-order valence-electron chi connectivity index (χ1n) is 13.1. The summed E-state index contributed by atoms with van der Waals surface area (Å²) in [5, 5.41) is 1.15. The number of benzene rings is 2. The predicted molar refractivity (Wildman–Crippen MR) is 141 cm³/mol. The lowest BCUT2D eigenvalue weighted by molar-refractivity contribution is 0.0780. The molecule has 0 unspecified atom stereocenters. The highest BCUT2D eigenvalue weighted by molar-refractivity contribution is 6.03. The van der Waals surface area contributed by atoms with E-state index in [0.29, 0.717) is 19.1 Å². The van der Waals surface area contributed by atoms with Crippen LogP contribution in [0.25, 0.3) is 10.9 Å². The van der Waals surface area contributed by atoms with Crippen LogP contribution in [0.5, 0.6) is 0 Å². The van der Waals surface area contributed by atoms with E-state index < -0.39 is 0 Å². The summed E-state index contributed by atoms with van der Waals surface area (Å²) in [5.74, 6) is 0.178. The van der Waals surface area contributed by atoms with Gasteiger partial charge in [0.1, 0.15) is 0 Å². The number of para-hydroxylation sites is 1. The molecule has 2 fully saturated rings. The molecule has 0 aliphatic carbocycles. The quantitative estimate of drug-likeness (QED) is 0.571. The highest BCUT2D eigenvalue weighted by Crippen LogP contribution is 2.34. The molecule has 3 aliphatic rings. The third-order valence-electron chi connectivity index (χ3n) is 8.14. The van der Waals surface area contributed by atoms with Crippen LogP contribution < -0.4 is 4.90 Å². The number of hydrogen-bond donors (Lipinski definition) is 0. The number of likely N-dealkylation sites (N-methyl/N-ethyl adjacent to an activating group) is 1. The maximum Gasteiger partial charge on any atom is 0.256 e. The number of carbonyl (C=O) groups excluding carboxylic acids is 1. The fourth-order valence-corrected chi connectivity index (χ4v) is 6.00. The lowest BCUT2D eigenvalue weighted by Crippen LogP contribution is -2.52. The Balaban J connectivity index is 1.11. The van der Waals surface area contributed by atoms with Crippen molar-refractivity contribution in [2.24, 2.45) is 0 Å². The van der Waals surface area contributed by atoms with E-state index in [1.165, 1.54) is 44.6 Å². The van der Waals surface area contributed by atoms with Crippen LogP contribution in [-0.2, 0) is 13.0 Å². The molecule has 3 aliphatic heterocycles. The molecule has 1 aromatic heterocycles. The molecule has 35 heavy (non-hydrogen) atoms. The van der Waals surface area contributed by atoms with Gasteiger partial charge in [0.15, 0.2) is 0 Å². The van der Waals surface area contributed by atoms with Crippen molar-refractivity contribution < 1.29 is 4.79 Å². The van der Waals surface area contributed by atoms with Gasteiger partial charge in [0.25, 0.3) is 5.91 Å². The van der Waals surface area contributed by atoms with Gasteiger partial charge in [-0.25, -0.2) is 0 Å². The SMILES string of the molecule is CN1CCN(C2CCN(c3cccc4c3C(=O)N(CCc3ccc5ccccc5n3)C4)CC2)CC1. The molecule has 0 saturated carbocycles. The minimum atomic E-state index is 0.178. The Hall–Kier alpha value is -2.96. The summed E-state index contributed by atoms with van der Waals surface area (Å²) >= 11 is 0. The Morgan fingerprint density at radius 2 is 1.69 bits per heavy atom. The third kappa shape index (κ3) is 4.53. The fourth-order valence-electron chi connectivity index (χ4n) is 6.00. The zero-order valence-corrected chi connectivity index (χ0v) is 20.7. The molecule has 0 spiro atoms. The molecule has 3 aromatic rings. The summed E-state index contributed by atoms with van der Waals surface area (Å²) in [6, 6.07) is 19.5. The topological polar surface area (TPSA) is 42.9 Å². The molecule has 0 atom stereocenters. The lowest BCUT2D eigenvalue weighted by atomic mass is 9.99. The molecule has 6 heteroatoms. The molecule has 0 N–H and O–H groups in total. The first-order chi connectivity index (χ1) is 17.2. The molecular formula is C29H35N5O. The van der Waals surface area contributed by atoms with E-state index >= 15 is 0 Å². The molecule has 2 aromatic carbocycles. The van der Waals surface area contributed by atoms with Crippen molar-refractivity contribution in [1.82, 2.24) is 19.7 Å². The van der Waals surface area contributed by atoms with Gasteiger partial charge in [0.05, 0.1) is 11.1 Å². The van der Waals surface area contributed by atoms with Crippen molar-refractivity contribution in [3.8, 4) is 0 Å². The minimum absolute atomic E-state index is 0.178. The van der Waals surface area contributed by atoms with Gasteiger partial charge in [0.2, 0.25) is 0 Å². The van der Waals surface area contributed by atoms with Gasteiger partial charge in [-0.15, -0.1) is 0 Å². The van der Waals surface area contributed by atoms with E-state index in [0.717, 1.165) is 47.4 Å². The number of pyridine rings is 1. The Morgan fingerprint density at radius 3 is 2.51 bits per heavy atom. The fraction of sp³-hybridized carbons (Fsp3) is 0.448. The monoisotopic (exact) mass is 469 g/mol. The number of carbonyl (C=O) groups is 1. The van der Waals surface area contributed by atoms with E-state index in [4.69, 9.17) is 4.98 Å². The minimum Gasteiger partial charge on any atom is -0.371 e. The van der Waals surface area contributed by atoms with E-state index in [9.17, 15) is 4.79 Å². The van der Waals surface area contributed by atoms with Crippen molar-refractivity contribution in [2.75, 3.05) is 57.8 Å². The maximum absolute atomic E-state index is 13.5. The summed E-state index contributed by atoms with van der Waals surface area (Å²) in [6.45, 7) is 8.17. The van der Waals surface area contributed by atoms with Crippen LogP contribution in [0.4, 0.5) is 5.69 Å². The second kappa shape index (κ2) is 9.59. The summed E-state index contributed by atoms with van der Waals surface area (Å²) in [4.78, 5) is 27.9. The molecule has 0 radical (unpaired) electrons. The van der Waals surface area contributed by atoms with Crippen LogP contribution >= 0.6 is 0 Å². The summed E-state index contributed by atoms with van der Waals surface area (Å²) in [6.07, 6.45) is 3.13. The normalized spacial score (nSPS) is 20.1. The second-order valence-electron chi connectivity index (χ2n) is 10.3. The highest BCUT2D eigenvalue weighted by atomic mass is 16.2. The zero-order chi connectivity index (χ0) is 23.8. The predicted octanol–water partition coefficient (Wildman–Crippen LogP) is 3.65. The standard InChI is InChI=1S/C29H35N5O/c1-31-17-19-32(20-18-31)25-12-15-33(16-13-25)27-8-4-6-23-21-34(29(35)28(23)27)14-11-24-10-9-22-5-2-3-7-26(22)30-24/h2-10,25H,11-21H2,1H3. The van der Waals surface area contributed by atoms with E-state index in [1.54, 1.807) is 0 Å². The smallest absolute Gasteiger partial charge is 0.256 e. The van der Waals surface area contributed by atoms with Crippen molar-refractivity contribution in [1.29, 1.82) is 0 Å². The van der Waals surface area contributed by atoms with Crippen LogP contribution in [0.3, 0.4) is 0 Å². The zero-order valence-electron chi connectivity index (χ0n) is 20.7. The Kier molecular flexibility index (Phi) is 6.17. The molecule has 182 valence electrons. The van der Waals surface area contributed by atoms with Crippen LogP contribution in [-0.4, -0.2) is 84.5 Å².